The normalized spacial score (nSPS) is 17.8. The van der Waals surface area contributed by atoms with Gasteiger partial charge in [-0.1, -0.05) is 12.1 Å². The van der Waals surface area contributed by atoms with E-state index in [1.54, 1.807) is 0 Å². The van der Waals surface area contributed by atoms with Crippen molar-refractivity contribution in [2.75, 3.05) is 11.9 Å². The summed E-state index contributed by atoms with van der Waals surface area (Å²) in [5.74, 6) is 0.207. The minimum absolute atomic E-state index is 0.207. The Morgan fingerprint density at radius 1 is 1.39 bits per heavy atom. The van der Waals surface area contributed by atoms with Gasteiger partial charge < -0.3 is 10.6 Å². The topological polar surface area (TPSA) is 41.1 Å². The number of carbonyl (C=O) groups is 1. The van der Waals surface area contributed by atoms with Gasteiger partial charge in [0.25, 0.3) is 0 Å². The van der Waals surface area contributed by atoms with Crippen molar-refractivity contribution in [1.29, 1.82) is 0 Å². The molecular weight excluding hydrogens is 224 g/mol. The number of amides is 1. The van der Waals surface area contributed by atoms with Crippen LogP contribution in [0.25, 0.3) is 0 Å². The van der Waals surface area contributed by atoms with Crippen LogP contribution in [-0.4, -0.2) is 18.5 Å². The summed E-state index contributed by atoms with van der Waals surface area (Å²) in [7, 11) is 0. The number of aryl methyl sites for hydroxylation is 1. The molecule has 1 heterocycles. The van der Waals surface area contributed by atoms with Crippen LogP contribution in [0.4, 0.5) is 5.69 Å². The molecule has 1 amide bonds. The maximum absolute atomic E-state index is 11.7. The number of hydrogen-bond donors (Lipinski definition) is 2. The highest BCUT2D eigenvalue weighted by molar-refractivity contribution is 5.76. The standard InChI is InChI=1S/C15H20N2O/c18-15(17-13-2-1-3-13)7-5-11-4-6-14-12(10-11)8-9-16-14/h4,6,10,13,16H,1-3,5,7-9H2,(H,17,18). The summed E-state index contributed by atoms with van der Waals surface area (Å²) in [5.41, 5.74) is 3.94. The second-order valence-electron chi connectivity index (χ2n) is 5.36. The van der Waals surface area contributed by atoms with Crippen LogP contribution in [0.2, 0.25) is 0 Å². The van der Waals surface area contributed by atoms with Gasteiger partial charge in [-0.25, -0.2) is 0 Å². The van der Waals surface area contributed by atoms with Crippen molar-refractivity contribution in [3.8, 4) is 0 Å². The molecule has 0 spiro atoms. The first kappa shape index (κ1) is 11.6. The molecule has 1 fully saturated rings. The molecular formula is C15H20N2O. The summed E-state index contributed by atoms with van der Waals surface area (Å²) in [6, 6.07) is 6.98. The van der Waals surface area contributed by atoms with Gasteiger partial charge in [-0.15, -0.1) is 0 Å². The van der Waals surface area contributed by atoms with E-state index in [0.29, 0.717) is 12.5 Å². The summed E-state index contributed by atoms with van der Waals surface area (Å²) in [6.45, 7) is 1.04. The highest BCUT2D eigenvalue weighted by Gasteiger charge is 2.19. The Bertz CT molecular complexity index is 452. The van der Waals surface area contributed by atoms with Crippen LogP contribution in [0.1, 0.15) is 36.8 Å². The van der Waals surface area contributed by atoms with Gasteiger partial charge in [-0.2, -0.15) is 0 Å². The van der Waals surface area contributed by atoms with Gasteiger partial charge in [0.05, 0.1) is 0 Å². The Hall–Kier alpha value is -1.51. The van der Waals surface area contributed by atoms with Crippen LogP contribution in [0.15, 0.2) is 18.2 Å². The fourth-order valence-corrected chi connectivity index (χ4v) is 2.62. The number of fused-ring (bicyclic) bond motifs is 1. The lowest BCUT2D eigenvalue weighted by Crippen LogP contribution is -2.39. The number of anilines is 1. The van der Waals surface area contributed by atoms with Gasteiger partial charge in [0, 0.05) is 24.7 Å². The zero-order valence-corrected chi connectivity index (χ0v) is 10.7. The van der Waals surface area contributed by atoms with E-state index >= 15 is 0 Å². The van der Waals surface area contributed by atoms with E-state index < -0.39 is 0 Å². The van der Waals surface area contributed by atoms with E-state index in [1.807, 2.05) is 0 Å². The van der Waals surface area contributed by atoms with Crippen molar-refractivity contribution in [3.63, 3.8) is 0 Å². The highest BCUT2D eigenvalue weighted by Crippen LogP contribution is 2.23. The van der Waals surface area contributed by atoms with Crippen LogP contribution in [0.5, 0.6) is 0 Å². The number of benzene rings is 1. The number of carbonyl (C=O) groups excluding carboxylic acids is 1. The second kappa shape index (κ2) is 5.01. The fourth-order valence-electron chi connectivity index (χ4n) is 2.62. The molecule has 0 bridgehead atoms. The molecule has 3 rings (SSSR count). The summed E-state index contributed by atoms with van der Waals surface area (Å²) in [5, 5.41) is 6.44. The molecule has 1 aromatic rings. The molecule has 18 heavy (non-hydrogen) atoms. The van der Waals surface area contributed by atoms with Gasteiger partial charge in [-0.3, -0.25) is 4.79 Å². The largest absolute Gasteiger partial charge is 0.384 e. The number of nitrogens with one attached hydrogen (secondary N) is 2. The molecule has 1 aromatic carbocycles. The number of rotatable bonds is 4. The maximum Gasteiger partial charge on any atom is 0.220 e. The monoisotopic (exact) mass is 244 g/mol. The van der Waals surface area contributed by atoms with E-state index in [-0.39, 0.29) is 5.91 Å². The molecule has 1 aliphatic carbocycles. The maximum atomic E-state index is 11.7. The Morgan fingerprint density at radius 2 is 2.28 bits per heavy atom. The van der Waals surface area contributed by atoms with Gasteiger partial charge in [0.1, 0.15) is 0 Å². The molecule has 0 atom stereocenters. The molecule has 0 saturated heterocycles. The smallest absolute Gasteiger partial charge is 0.220 e. The average Bonchev–Trinajstić information content (AvgIpc) is 2.78. The first-order valence-electron chi connectivity index (χ1n) is 6.96. The zero-order chi connectivity index (χ0) is 12.4. The molecule has 2 N–H and O–H groups in total. The van der Waals surface area contributed by atoms with Crippen LogP contribution in [0.3, 0.4) is 0 Å². The van der Waals surface area contributed by atoms with Gasteiger partial charge in [0.15, 0.2) is 0 Å². The molecule has 96 valence electrons. The van der Waals surface area contributed by atoms with Crippen LogP contribution < -0.4 is 10.6 Å². The lowest BCUT2D eigenvalue weighted by Gasteiger charge is -2.26. The average molecular weight is 244 g/mol. The minimum Gasteiger partial charge on any atom is -0.384 e. The van der Waals surface area contributed by atoms with Crippen molar-refractivity contribution < 1.29 is 4.79 Å². The van der Waals surface area contributed by atoms with Gasteiger partial charge >= 0.3 is 0 Å². The van der Waals surface area contributed by atoms with Crippen molar-refractivity contribution in [3.05, 3.63) is 29.3 Å². The number of hydrogen-bond acceptors (Lipinski definition) is 2. The lowest BCUT2D eigenvalue weighted by molar-refractivity contribution is -0.122. The van der Waals surface area contributed by atoms with Crippen LogP contribution in [0, 0.1) is 0 Å². The van der Waals surface area contributed by atoms with Crippen molar-refractivity contribution in [1.82, 2.24) is 5.32 Å². The summed E-state index contributed by atoms with van der Waals surface area (Å²) < 4.78 is 0. The minimum atomic E-state index is 0.207. The molecule has 0 radical (unpaired) electrons. The Morgan fingerprint density at radius 3 is 3.06 bits per heavy atom. The summed E-state index contributed by atoms with van der Waals surface area (Å²) in [4.78, 5) is 11.7. The third-order valence-electron chi connectivity index (χ3n) is 3.99. The molecule has 3 heteroatoms. The Kier molecular flexibility index (Phi) is 3.22. The third kappa shape index (κ3) is 2.50. The van der Waals surface area contributed by atoms with Gasteiger partial charge in [-0.05, 0) is 49.3 Å². The molecule has 2 aliphatic rings. The molecule has 1 aliphatic heterocycles. The SMILES string of the molecule is O=C(CCc1ccc2c(c1)CCN2)NC1CCC1. The zero-order valence-electron chi connectivity index (χ0n) is 10.7. The predicted octanol–water partition coefficient (Wildman–Crippen LogP) is 2.26. The first-order valence-corrected chi connectivity index (χ1v) is 6.96. The first-order chi connectivity index (χ1) is 8.81. The highest BCUT2D eigenvalue weighted by atomic mass is 16.1. The lowest BCUT2D eigenvalue weighted by atomic mass is 9.93. The van der Waals surface area contributed by atoms with E-state index in [0.717, 1.165) is 32.2 Å². The van der Waals surface area contributed by atoms with E-state index in [1.165, 1.54) is 23.2 Å². The van der Waals surface area contributed by atoms with Crippen molar-refractivity contribution >= 4 is 11.6 Å². The fraction of sp³-hybridized carbons (Fsp3) is 0.533. The molecule has 3 nitrogen and oxygen atoms in total. The summed E-state index contributed by atoms with van der Waals surface area (Å²) in [6.07, 6.45) is 6.17. The quantitative estimate of drug-likeness (QED) is 0.853. The Labute approximate surface area is 108 Å². The predicted molar refractivity (Wildman–Crippen MR) is 72.7 cm³/mol. The van der Waals surface area contributed by atoms with Crippen molar-refractivity contribution in [2.45, 2.75) is 44.6 Å². The molecule has 0 unspecified atom stereocenters. The molecule has 0 aromatic heterocycles. The van der Waals surface area contributed by atoms with E-state index in [4.69, 9.17) is 0 Å². The van der Waals surface area contributed by atoms with Crippen LogP contribution in [-0.2, 0) is 17.6 Å². The summed E-state index contributed by atoms with van der Waals surface area (Å²) >= 11 is 0. The molecule has 1 saturated carbocycles. The van der Waals surface area contributed by atoms with Crippen LogP contribution >= 0.6 is 0 Å². The Balaban J connectivity index is 1.51. The van der Waals surface area contributed by atoms with Gasteiger partial charge in [0.2, 0.25) is 5.91 Å². The van der Waals surface area contributed by atoms with E-state index in [9.17, 15) is 4.79 Å². The third-order valence-corrected chi connectivity index (χ3v) is 3.99. The van der Waals surface area contributed by atoms with E-state index in [2.05, 4.69) is 28.8 Å². The van der Waals surface area contributed by atoms with Crippen molar-refractivity contribution in [2.24, 2.45) is 0 Å². The second-order valence-corrected chi connectivity index (χ2v) is 5.36.